The first-order valence-electron chi connectivity index (χ1n) is 6.55. The molecule has 1 aliphatic heterocycles. The number of halogens is 1. The van der Waals surface area contributed by atoms with Crippen molar-refractivity contribution in [1.82, 2.24) is 9.62 Å². The smallest absolute Gasteiger partial charge is 0.243 e. The number of benzene rings is 1. The molecular formula is C13H19FN2O2S. The number of piperazine rings is 1. The number of sulfonamides is 1. The number of nitrogens with one attached hydrogen (secondary N) is 1. The second kappa shape index (κ2) is 5.98. The Labute approximate surface area is 113 Å². The molecule has 0 atom stereocenters. The molecule has 4 nitrogen and oxygen atoms in total. The SMILES string of the molecule is CCCc1ccc(S(=O)(=O)N2CCNCC2)cc1F. The van der Waals surface area contributed by atoms with Crippen LogP contribution in [0.4, 0.5) is 4.39 Å². The summed E-state index contributed by atoms with van der Waals surface area (Å²) in [5.74, 6) is -0.432. The van der Waals surface area contributed by atoms with E-state index in [2.05, 4.69) is 5.32 Å². The lowest BCUT2D eigenvalue weighted by atomic mass is 10.1. The summed E-state index contributed by atoms with van der Waals surface area (Å²) >= 11 is 0. The quantitative estimate of drug-likeness (QED) is 0.909. The molecule has 0 saturated carbocycles. The predicted octanol–water partition coefficient (Wildman–Crippen LogP) is 1.37. The summed E-state index contributed by atoms with van der Waals surface area (Å²) in [4.78, 5) is 0.0479. The fourth-order valence-corrected chi connectivity index (χ4v) is 3.65. The van der Waals surface area contributed by atoms with Crippen LogP contribution in [0.1, 0.15) is 18.9 Å². The van der Waals surface area contributed by atoms with E-state index in [0.717, 1.165) is 12.5 Å². The molecule has 19 heavy (non-hydrogen) atoms. The van der Waals surface area contributed by atoms with Gasteiger partial charge in [-0.1, -0.05) is 19.4 Å². The van der Waals surface area contributed by atoms with E-state index in [1.807, 2.05) is 6.92 Å². The largest absolute Gasteiger partial charge is 0.314 e. The van der Waals surface area contributed by atoms with Crippen molar-refractivity contribution in [1.29, 1.82) is 0 Å². The highest BCUT2D eigenvalue weighted by Gasteiger charge is 2.26. The Morgan fingerprint density at radius 3 is 2.58 bits per heavy atom. The Bertz CT molecular complexity index is 540. The van der Waals surface area contributed by atoms with Gasteiger partial charge in [0.25, 0.3) is 0 Å². The van der Waals surface area contributed by atoms with Gasteiger partial charge in [0.15, 0.2) is 0 Å². The summed E-state index contributed by atoms with van der Waals surface area (Å²) in [7, 11) is -3.56. The Balaban J connectivity index is 2.27. The van der Waals surface area contributed by atoms with Gasteiger partial charge in [0.2, 0.25) is 10.0 Å². The van der Waals surface area contributed by atoms with Gasteiger partial charge in [-0.05, 0) is 24.1 Å². The van der Waals surface area contributed by atoms with E-state index in [1.165, 1.54) is 10.4 Å². The van der Waals surface area contributed by atoms with Gasteiger partial charge in [-0.15, -0.1) is 0 Å². The van der Waals surface area contributed by atoms with Crippen molar-refractivity contribution in [3.63, 3.8) is 0 Å². The molecule has 1 aromatic rings. The maximum atomic E-state index is 13.8. The van der Waals surface area contributed by atoms with Crippen LogP contribution in [0.25, 0.3) is 0 Å². The first-order chi connectivity index (χ1) is 9.05. The van der Waals surface area contributed by atoms with Crippen LogP contribution in [-0.2, 0) is 16.4 Å². The number of rotatable bonds is 4. The molecule has 0 aromatic heterocycles. The molecule has 6 heteroatoms. The van der Waals surface area contributed by atoms with Gasteiger partial charge >= 0.3 is 0 Å². The maximum absolute atomic E-state index is 13.8. The highest BCUT2D eigenvalue weighted by molar-refractivity contribution is 7.89. The van der Waals surface area contributed by atoms with Crippen LogP contribution in [-0.4, -0.2) is 38.9 Å². The van der Waals surface area contributed by atoms with Crippen molar-refractivity contribution in [3.8, 4) is 0 Å². The Morgan fingerprint density at radius 2 is 2.00 bits per heavy atom. The lowest BCUT2D eigenvalue weighted by Gasteiger charge is -2.26. The first kappa shape index (κ1) is 14.4. The molecule has 1 N–H and O–H groups in total. The predicted molar refractivity (Wildman–Crippen MR) is 72.0 cm³/mol. The van der Waals surface area contributed by atoms with E-state index >= 15 is 0 Å². The molecule has 2 rings (SSSR count). The first-order valence-corrected chi connectivity index (χ1v) is 7.99. The van der Waals surface area contributed by atoms with Crippen LogP contribution < -0.4 is 5.32 Å². The summed E-state index contributed by atoms with van der Waals surface area (Å²) in [5, 5.41) is 3.10. The highest BCUT2D eigenvalue weighted by atomic mass is 32.2. The summed E-state index contributed by atoms with van der Waals surface area (Å²) in [6.45, 7) is 4.09. The third kappa shape index (κ3) is 3.13. The van der Waals surface area contributed by atoms with Gasteiger partial charge in [-0.25, -0.2) is 12.8 Å². The summed E-state index contributed by atoms with van der Waals surface area (Å²) in [6, 6.07) is 4.22. The lowest BCUT2D eigenvalue weighted by Crippen LogP contribution is -2.46. The van der Waals surface area contributed by atoms with Gasteiger partial charge in [0.1, 0.15) is 5.82 Å². The van der Waals surface area contributed by atoms with Gasteiger partial charge in [-0.3, -0.25) is 0 Å². The van der Waals surface area contributed by atoms with Gasteiger partial charge in [-0.2, -0.15) is 4.31 Å². The zero-order valence-electron chi connectivity index (χ0n) is 11.0. The molecule has 1 aliphatic rings. The second-order valence-electron chi connectivity index (χ2n) is 4.66. The van der Waals surface area contributed by atoms with E-state index in [1.54, 1.807) is 6.07 Å². The molecule has 1 aromatic carbocycles. The van der Waals surface area contributed by atoms with Gasteiger partial charge in [0, 0.05) is 26.2 Å². The van der Waals surface area contributed by atoms with Crippen molar-refractivity contribution in [2.45, 2.75) is 24.7 Å². The summed E-state index contributed by atoms with van der Waals surface area (Å²) in [6.07, 6.45) is 1.46. The molecule has 0 bridgehead atoms. The van der Waals surface area contributed by atoms with E-state index in [0.29, 0.717) is 38.2 Å². The molecule has 0 unspecified atom stereocenters. The molecule has 0 amide bonds. The fraction of sp³-hybridized carbons (Fsp3) is 0.538. The molecule has 0 spiro atoms. The third-order valence-corrected chi connectivity index (χ3v) is 5.15. The molecule has 1 fully saturated rings. The van der Waals surface area contributed by atoms with Crippen molar-refractivity contribution in [3.05, 3.63) is 29.6 Å². The number of nitrogens with zero attached hydrogens (tertiary/aromatic N) is 1. The van der Waals surface area contributed by atoms with Crippen LogP contribution in [0.2, 0.25) is 0 Å². The van der Waals surface area contributed by atoms with Crippen molar-refractivity contribution < 1.29 is 12.8 Å². The van der Waals surface area contributed by atoms with Crippen molar-refractivity contribution >= 4 is 10.0 Å². The zero-order chi connectivity index (χ0) is 13.9. The number of aryl methyl sites for hydroxylation is 1. The highest BCUT2D eigenvalue weighted by Crippen LogP contribution is 2.20. The molecule has 0 aliphatic carbocycles. The molecule has 1 saturated heterocycles. The standard InChI is InChI=1S/C13H19FN2O2S/c1-2-3-11-4-5-12(10-13(11)14)19(17,18)16-8-6-15-7-9-16/h4-5,10,15H,2-3,6-9H2,1H3. The molecule has 0 radical (unpaired) electrons. The molecular weight excluding hydrogens is 267 g/mol. The summed E-state index contributed by atoms with van der Waals surface area (Å²) in [5.41, 5.74) is 0.571. The van der Waals surface area contributed by atoms with Crippen LogP contribution in [0, 0.1) is 5.82 Å². The molecule has 1 heterocycles. The van der Waals surface area contributed by atoms with Crippen LogP contribution >= 0.6 is 0 Å². The normalized spacial score (nSPS) is 17.6. The average Bonchev–Trinajstić information content (AvgIpc) is 2.42. The Morgan fingerprint density at radius 1 is 1.32 bits per heavy atom. The van der Waals surface area contributed by atoms with E-state index < -0.39 is 15.8 Å². The number of hydrogen-bond acceptors (Lipinski definition) is 3. The van der Waals surface area contributed by atoms with E-state index in [4.69, 9.17) is 0 Å². The average molecular weight is 286 g/mol. The maximum Gasteiger partial charge on any atom is 0.243 e. The summed E-state index contributed by atoms with van der Waals surface area (Å²) < 4.78 is 39.9. The zero-order valence-corrected chi connectivity index (χ0v) is 11.8. The van der Waals surface area contributed by atoms with Gasteiger partial charge in [0.05, 0.1) is 4.90 Å². The number of hydrogen-bond donors (Lipinski definition) is 1. The fourth-order valence-electron chi connectivity index (χ4n) is 2.19. The van der Waals surface area contributed by atoms with Crippen LogP contribution in [0.5, 0.6) is 0 Å². The Hall–Kier alpha value is -0.980. The monoisotopic (exact) mass is 286 g/mol. The van der Waals surface area contributed by atoms with Gasteiger partial charge < -0.3 is 5.32 Å². The second-order valence-corrected chi connectivity index (χ2v) is 6.60. The third-order valence-electron chi connectivity index (χ3n) is 3.26. The van der Waals surface area contributed by atoms with Crippen LogP contribution in [0.3, 0.4) is 0 Å². The van der Waals surface area contributed by atoms with E-state index in [-0.39, 0.29) is 4.90 Å². The topological polar surface area (TPSA) is 49.4 Å². The minimum atomic E-state index is -3.56. The van der Waals surface area contributed by atoms with E-state index in [9.17, 15) is 12.8 Å². The van der Waals surface area contributed by atoms with Crippen molar-refractivity contribution in [2.24, 2.45) is 0 Å². The Kier molecular flexibility index (Phi) is 4.54. The lowest BCUT2D eigenvalue weighted by molar-refractivity contribution is 0.360. The minimum absolute atomic E-state index is 0.0479. The van der Waals surface area contributed by atoms with Crippen molar-refractivity contribution in [2.75, 3.05) is 26.2 Å². The van der Waals surface area contributed by atoms with Crippen LogP contribution in [0.15, 0.2) is 23.1 Å². The minimum Gasteiger partial charge on any atom is -0.314 e. The molecule has 106 valence electrons.